The first-order valence-electron chi connectivity index (χ1n) is 15.5. The Morgan fingerprint density at radius 3 is 2.43 bits per heavy atom. The number of rotatable bonds is 14. The Morgan fingerprint density at radius 2 is 1.79 bits per heavy atom. The Balaban J connectivity index is 1.69. The first-order valence-corrected chi connectivity index (χ1v) is 15.5. The molecule has 0 aromatic heterocycles. The van der Waals surface area contributed by atoms with Gasteiger partial charge in [-0.3, -0.25) is 4.79 Å². The standard InChI is InChI=1S/C37H52O5/c1-24(2)14-12-15-25(3)16-13-17-26(4)33(36(39)40)32(38)22-37(8)21-20-31-29(7)34(27(5)28(6)35(31)42-37)41-23-30-18-10-9-11-19-30/h9-11,13-14,17-19,25-26,32-33,38H,12,15-16,20-23H2,1-8H3,(H,39,40)/t25-,26-,32?,33?,37?/m1/s1. The SMILES string of the molecule is CC(C)=CCC[C@@H](C)CC=C[C@@H](C)C(C(=O)O)C(O)CC1(C)CCc2c(C)c(OCc3ccccc3)c(C)c(C)c2O1. The lowest BCUT2D eigenvalue weighted by Gasteiger charge is -2.40. The molecule has 0 radical (unpaired) electrons. The quantitative estimate of drug-likeness (QED) is 0.220. The van der Waals surface area contributed by atoms with E-state index in [0.717, 1.165) is 65.0 Å². The van der Waals surface area contributed by atoms with E-state index in [0.29, 0.717) is 18.9 Å². The Kier molecular flexibility index (Phi) is 11.9. The fraction of sp³-hybridized carbons (Fsp3) is 0.541. The number of aliphatic hydroxyl groups excluding tert-OH is 1. The fourth-order valence-corrected chi connectivity index (χ4v) is 6.10. The molecule has 0 fully saturated rings. The number of aliphatic carboxylic acids is 1. The van der Waals surface area contributed by atoms with Gasteiger partial charge in [0.2, 0.25) is 0 Å². The molecule has 2 N–H and O–H groups in total. The van der Waals surface area contributed by atoms with E-state index < -0.39 is 23.6 Å². The highest BCUT2D eigenvalue weighted by atomic mass is 16.5. The van der Waals surface area contributed by atoms with Crippen LogP contribution in [0, 0.1) is 38.5 Å². The number of hydrogen-bond donors (Lipinski definition) is 2. The minimum atomic E-state index is -1.03. The molecule has 5 atom stereocenters. The van der Waals surface area contributed by atoms with Crippen molar-refractivity contribution in [3.63, 3.8) is 0 Å². The first-order chi connectivity index (χ1) is 19.8. The molecule has 0 aliphatic carbocycles. The maximum Gasteiger partial charge on any atom is 0.309 e. The van der Waals surface area contributed by atoms with Crippen molar-refractivity contribution in [2.24, 2.45) is 17.8 Å². The molecule has 1 aliphatic rings. The van der Waals surface area contributed by atoms with Crippen LogP contribution in [0.4, 0.5) is 0 Å². The van der Waals surface area contributed by atoms with E-state index in [2.05, 4.69) is 65.8 Å². The van der Waals surface area contributed by atoms with Gasteiger partial charge in [0.25, 0.3) is 0 Å². The van der Waals surface area contributed by atoms with Crippen LogP contribution in [0.15, 0.2) is 54.1 Å². The van der Waals surface area contributed by atoms with E-state index in [-0.39, 0.29) is 12.3 Å². The van der Waals surface area contributed by atoms with Gasteiger partial charge in [0.05, 0.1) is 12.0 Å². The topological polar surface area (TPSA) is 76.0 Å². The predicted molar refractivity (Wildman–Crippen MR) is 171 cm³/mol. The van der Waals surface area contributed by atoms with Gasteiger partial charge in [-0.2, -0.15) is 0 Å². The van der Waals surface area contributed by atoms with Gasteiger partial charge in [-0.1, -0.05) is 68.0 Å². The summed E-state index contributed by atoms with van der Waals surface area (Å²) in [4.78, 5) is 12.3. The zero-order chi connectivity index (χ0) is 31.0. The molecule has 0 spiro atoms. The van der Waals surface area contributed by atoms with E-state index >= 15 is 0 Å². The second kappa shape index (κ2) is 14.9. The second-order valence-electron chi connectivity index (χ2n) is 13.0. The van der Waals surface area contributed by atoms with E-state index in [1.54, 1.807) is 0 Å². The van der Waals surface area contributed by atoms with Crippen molar-refractivity contribution in [2.45, 2.75) is 112 Å². The molecule has 230 valence electrons. The van der Waals surface area contributed by atoms with Crippen LogP contribution in [-0.2, 0) is 17.8 Å². The Bertz CT molecular complexity index is 1260. The zero-order valence-corrected chi connectivity index (χ0v) is 27.0. The van der Waals surface area contributed by atoms with Crippen molar-refractivity contribution < 1.29 is 24.5 Å². The number of benzene rings is 2. The molecule has 3 rings (SSSR count). The molecule has 0 amide bonds. The molecule has 1 aliphatic heterocycles. The van der Waals surface area contributed by atoms with Crippen LogP contribution in [0.5, 0.6) is 11.5 Å². The number of hydrogen-bond acceptors (Lipinski definition) is 4. The number of allylic oxidation sites excluding steroid dienone is 4. The average molecular weight is 577 g/mol. The smallest absolute Gasteiger partial charge is 0.309 e. The Morgan fingerprint density at radius 1 is 1.10 bits per heavy atom. The third-order valence-corrected chi connectivity index (χ3v) is 8.89. The molecule has 3 unspecified atom stereocenters. The summed E-state index contributed by atoms with van der Waals surface area (Å²) in [7, 11) is 0. The van der Waals surface area contributed by atoms with E-state index in [4.69, 9.17) is 9.47 Å². The molecular weight excluding hydrogens is 524 g/mol. The molecular formula is C37H52O5. The number of carbonyl (C=O) groups is 1. The summed E-state index contributed by atoms with van der Waals surface area (Å²) in [6.07, 6.45) is 10.1. The summed E-state index contributed by atoms with van der Waals surface area (Å²) in [6.45, 7) is 17.0. The van der Waals surface area contributed by atoms with Gasteiger partial charge in [0.1, 0.15) is 23.7 Å². The van der Waals surface area contributed by atoms with Gasteiger partial charge in [-0.25, -0.2) is 0 Å². The minimum Gasteiger partial charge on any atom is -0.488 e. The lowest BCUT2D eigenvalue weighted by Crippen LogP contribution is -2.44. The maximum absolute atomic E-state index is 12.3. The van der Waals surface area contributed by atoms with Gasteiger partial charge < -0.3 is 19.7 Å². The third kappa shape index (κ3) is 8.73. The van der Waals surface area contributed by atoms with Crippen LogP contribution in [0.1, 0.15) is 94.5 Å². The number of carboxylic acids is 1. The third-order valence-electron chi connectivity index (χ3n) is 8.89. The summed E-state index contributed by atoms with van der Waals surface area (Å²) in [5.41, 5.74) is 6.09. The van der Waals surface area contributed by atoms with E-state index in [1.807, 2.05) is 38.1 Å². The summed E-state index contributed by atoms with van der Waals surface area (Å²) in [5.74, 6) is 0.102. The van der Waals surface area contributed by atoms with Crippen LogP contribution in [-0.4, -0.2) is 27.9 Å². The molecule has 0 saturated heterocycles. The highest BCUT2D eigenvalue weighted by Crippen LogP contribution is 2.45. The van der Waals surface area contributed by atoms with Gasteiger partial charge in [0.15, 0.2) is 0 Å². The van der Waals surface area contributed by atoms with E-state index in [1.165, 1.54) is 5.57 Å². The minimum absolute atomic E-state index is 0.254. The molecule has 2 aromatic carbocycles. The van der Waals surface area contributed by atoms with Gasteiger partial charge in [-0.05, 0) is 108 Å². The predicted octanol–water partition coefficient (Wildman–Crippen LogP) is 8.69. The fourth-order valence-electron chi connectivity index (χ4n) is 6.10. The number of carboxylic acid groups (broad SMARTS) is 1. The molecule has 42 heavy (non-hydrogen) atoms. The summed E-state index contributed by atoms with van der Waals surface area (Å²) < 4.78 is 13.0. The molecule has 5 nitrogen and oxygen atoms in total. The number of ether oxygens (including phenoxy) is 2. The molecule has 1 heterocycles. The summed E-state index contributed by atoms with van der Waals surface area (Å²) >= 11 is 0. The van der Waals surface area contributed by atoms with Crippen molar-refractivity contribution in [1.29, 1.82) is 0 Å². The van der Waals surface area contributed by atoms with Gasteiger partial charge in [0, 0.05) is 12.0 Å². The Labute approximate surface area is 253 Å². The average Bonchev–Trinajstić information content (AvgIpc) is 2.91. The zero-order valence-electron chi connectivity index (χ0n) is 27.0. The van der Waals surface area contributed by atoms with Crippen molar-refractivity contribution in [2.75, 3.05) is 0 Å². The monoisotopic (exact) mass is 576 g/mol. The van der Waals surface area contributed by atoms with Crippen molar-refractivity contribution in [1.82, 2.24) is 0 Å². The molecule has 5 heteroatoms. The molecule has 2 aromatic rings. The molecule has 0 bridgehead atoms. The van der Waals surface area contributed by atoms with Crippen molar-refractivity contribution in [3.05, 3.63) is 82.0 Å². The maximum atomic E-state index is 12.3. The van der Waals surface area contributed by atoms with Gasteiger partial charge >= 0.3 is 5.97 Å². The van der Waals surface area contributed by atoms with Crippen LogP contribution in [0.2, 0.25) is 0 Å². The number of aliphatic hydroxyl groups is 1. The molecule has 0 saturated carbocycles. The first kappa shape index (κ1) is 33.5. The largest absolute Gasteiger partial charge is 0.488 e. The summed E-state index contributed by atoms with van der Waals surface area (Å²) in [5, 5.41) is 21.4. The lowest BCUT2D eigenvalue weighted by atomic mass is 9.79. The normalized spacial score (nSPS) is 19.4. The summed E-state index contributed by atoms with van der Waals surface area (Å²) in [6, 6.07) is 10.1. The number of fused-ring (bicyclic) bond motifs is 1. The van der Waals surface area contributed by atoms with Crippen LogP contribution in [0.3, 0.4) is 0 Å². The highest BCUT2D eigenvalue weighted by molar-refractivity contribution is 5.71. The van der Waals surface area contributed by atoms with Crippen molar-refractivity contribution >= 4 is 5.97 Å². The van der Waals surface area contributed by atoms with Crippen LogP contribution >= 0.6 is 0 Å². The van der Waals surface area contributed by atoms with E-state index in [9.17, 15) is 15.0 Å². The lowest BCUT2D eigenvalue weighted by molar-refractivity contribution is -0.149. The van der Waals surface area contributed by atoms with Crippen molar-refractivity contribution in [3.8, 4) is 11.5 Å². The van der Waals surface area contributed by atoms with Crippen LogP contribution < -0.4 is 9.47 Å². The van der Waals surface area contributed by atoms with Crippen LogP contribution in [0.25, 0.3) is 0 Å². The highest BCUT2D eigenvalue weighted by Gasteiger charge is 2.41. The van der Waals surface area contributed by atoms with Gasteiger partial charge in [-0.15, -0.1) is 0 Å². The second-order valence-corrected chi connectivity index (χ2v) is 13.0. The Hall–Kier alpha value is -3.05.